The number of carbonyl (C=O) groups is 3. The molecule has 1 aliphatic heterocycles. The van der Waals surface area contributed by atoms with Gasteiger partial charge in [-0.15, -0.1) is 0 Å². The minimum absolute atomic E-state index is 0.0860. The minimum atomic E-state index is -1.31. The number of nitrogens with one attached hydrogen (secondary N) is 1. The maximum Gasteiger partial charge on any atom is 0.408 e. The van der Waals surface area contributed by atoms with Crippen molar-refractivity contribution in [3.8, 4) is 11.1 Å². The monoisotopic (exact) mass is 464 g/mol. The van der Waals surface area contributed by atoms with Crippen LogP contribution in [0.15, 0.2) is 48.5 Å². The second-order valence-corrected chi connectivity index (χ2v) is 10.1. The Balaban J connectivity index is 1.45. The van der Waals surface area contributed by atoms with E-state index in [1.807, 2.05) is 50.2 Å². The number of carboxylic acid groups (broad SMARTS) is 1. The standard InChI is InChI=1S/C27H32N2O5/c1-16-13-17(2)23(24(30)31)29(14-16)25(32)27(3,4)28-26(33)34-15-22-20-11-7-5-9-18(20)19-10-6-8-12-21(19)22/h5-12,16-17,22-23H,13-15H2,1-4H3,(H,28,33)(H,30,31). The molecule has 0 spiro atoms. The molecule has 1 saturated heterocycles. The summed E-state index contributed by atoms with van der Waals surface area (Å²) in [6.45, 7) is 7.50. The predicted molar refractivity (Wildman–Crippen MR) is 128 cm³/mol. The number of rotatable bonds is 5. The van der Waals surface area contributed by atoms with E-state index in [1.54, 1.807) is 13.8 Å². The van der Waals surface area contributed by atoms with Crippen LogP contribution in [0.5, 0.6) is 0 Å². The van der Waals surface area contributed by atoms with Gasteiger partial charge in [0.1, 0.15) is 18.2 Å². The maximum absolute atomic E-state index is 13.3. The largest absolute Gasteiger partial charge is 0.480 e. The molecule has 2 aromatic carbocycles. The lowest BCUT2D eigenvalue weighted by molar-refractivity contribution is -0.158. The number of benzene rings is 2. The van der Waals surface area contributed by atoms with Gasteiger partial charge in [-0.05, 0) is 54.4 Å². The van der Waals surface area contributed by atoms with Crippen molar-refractivity contribution >= 4 is 18.0 Å². The van der Waals surface area contributed by atoms with Crippen LogP contribution in [0.3, 0.4) is 0 Å². The lowest BCUT2D eigenvalue weighted by Crippen LogP contribution is -2.63. The minimum Gasteiger partial charge on any atom is -0.480 e. The lowest BCUT2D eigenvalue weighted by atomic mass is 9.84. The molecule has 1 aliphatic carbocycles. The molecular weight excluding hydrogens is 432 g/mol. The fourth-order valence-electron chi connectivity index (χ4n) is 5.48. The molecule has 0 saturated carbocycles. The lowest BCUT2D eigenvalue weighted by Gasteiger charge is -2.43. The number of alkyl carbamates (subject to hydrolysis) is 1. The van der Waals surface area contributed by atoms with Crippen molar-refractivity contribution in [3.63, 3.8) is 0 Å². The normalized spacial score (nSPS) is 22.0. The van der Waals surface area contributed by atoms with Gasteiger partial charge in [0.2, 0.25) is 5.91 Å². The highest BCUT2D eigenvalue weighted by Crippen LogP contribution is 2.44. The number of likely N-dealkylation sites (tertiary alicyclic amines) is 1. The first-order chi connectivity index (χ1) is 16.1. The van der Waals surface area contributed by atoms with Crippen LogP contribution in [0.2, 0.25) is 0 Å². The van der Waals surface area contributed by atoms with E-state index in [2.05, 4.69) is 17.4 Å². The van der Waals surface area contributed by atoms with Crippen LogP contribution in [0, 0.1) is 11.8 Å². The predicted octanol–water partition coefficient (Wildman–Crippen LogP) is 4.26. The van der Waals surface area contributed by atoms with Gasteiger partial charge in [0.15, 0.2) is 0 Å². The van der Waals surface area contributed by atoms with Crippen LogP contribution in [0.25, 0.3) is 11.1 Å². The summed E-state index contributed by atoms with van der Waals surface area (Å²) in [4.78, 5) is 39.4. The number of hydrogen-bond acceptors (Lipinski definition) is 4. The average molecular weight is 465 g/mol. The highest BCUT2D eigenvalue weighted by molar-refractivity contribution is 5.92. The molecule has 1 fully saturated rings. The highest BCUT2D eigenvalue weighted by Gasteiger charge is 2.44. The number of fused-ring (bicyclic) bond motifs is 3. The van der Waals surface area contributed by atoms with Crippen molar-refractivity contribution < 1.29 is 24.2 Å². The molecule has 7 nitrogen and oxygen atoms in total. The molecule has 0 aromatic heterocycles. The summed E-state index contributed by atoms with van der Waals surface area (Å²) >= 11 is 0. The van der Waals surface area contributed by atoms with E-state index in [-0.39, 0.29) is 24.4 Å². The molecule has 3 atom stereocenters. The van der Waals surface area contributed by atoms with Gasteiger partial charge in [0.05, 0.1) is 0 Å². The molecule has 2 aliphatic rings. The fraction of sp³-hybridized carbons (Fsp3) is 0.444. The van der Waals surface area contributed by atoms with Crippen molar-refractivity contribution in [2.75, 3.05) is 13.2 Å². The zero-order chi connectivity index (χ0) is 24.6. The summed E-state index contributed by atoms with van der Waals surface area (Å²) in [5.41, 5.74) is 3.17. The Morgan fingerprint density at radius 2 is 1.59 bits per heavy atom. The zero-order valence-corrected chi connectivity index (χ0v) is 20.1. The van der Waals surface area contributed by atoms with Gasteiger partial charge in [-0.2, -0.15) is 0 Å². The Hall–Kier alpha value is -3.35. The van der Waals surface area contributed by atoms with E-state index in [0.29, 0.717) is 6.54 Å². The first-order valence-corrected chi connectivity index (χ1v) is 11.8. The zero-order valence-electron chi connectivity index (χ0n) is 20.1. The van der Waals surface area contributed by atoms with E-state index in [9.17, 15) is 19.5 Å². The number of aliphatic carboxylic acids is 1. The summed E-state index contributed by atoms with van der Waals surface area (Å²) < 4.78 is 5.59. The van der Waals surface area contributed by atoms with Gasteiger partial charge in [0.25, 0.3) is 0 Å². The van der Waals surface area contributed by atoms with Crippen molar-refractivity contribution in [2.24, 2.45) is 11.8 Å². The molecule has 34 heavy (non-hydrogen) atoms. The molecule has 1 heterocycles. The number of piperidine rings is 1. The smallest absolute Gasteiger partial charge is 0.408 e. The summed E-state index contributed by atoms with van der Waals surface area (Å²) in [5, 5.41) is 12.4. The van der Waals surface area contributed by atoms with Gasteiger partial charge in [-0.25, -0.2) is 9.59 Å². The third kappa shape index (κ3) is 4.39. The number of carbonyl (C=O) groups excluding carboxylic acids is 2. The van der Waals surface area contributed by atoms with Crippen LogP contribution < -0.4 is 5.32 Å². The number of carboxylic acids is 1. The van der Waals surface area contributed by atoms with Gasteiger partial charge in [0, 0.05) is 12.5 Å². The Morgan fingerprint density at radius 1 is 1.03 bits per heavy atom. The average Bonchev–Trinajstić information content (AvgIpc) is 3.09. The molecule has 2 amide bonds. The van der Waals surface area contributed by atoms with E-state index in [0.717, 1.165) is 28.7 Å². The maximum atomic E-state index is 13.3. The molecule has 0 radical (unpaired) electrons. The first kappa shape index (κ1) is 23.8. The molecule has 0 bridgehead atoms. The van der Waals surface area contributed by atoms with Gasteiger partial charge in [-0.1, -0.05) is 62.4 Å². The Morgan fingerprint density at radius 3 is 2.15 bits per heavy atom. The van der Waals surface area contributed by atoms with Crippen molar-refractivity contribution in [3.05, 3.63) is 59.7 Å². The number of hydrogen-bond donors (Lipinski definition) is 2. The molecule has 4 rings (SSSR count). The second kappa shape index (κ2) is 9.12. The first-order valence-electron chi connectivity index (χ1n) is 11.8. The number of nitrogens with zero attached hydrogens (tertiary/aromatic N) is 1. The molecule has 180 valence electrons. The summed E-state index contributed by atoms with van der Waals surface area (Å²) in [7, 11) is 0. The highest BCUT2D eigenvalue weighted by atomic mass is 16.5. The van der Waals surface area contributed by atoms with E-state index in [4.69, 9.17) is 4.74 Å². The SMILES string of the molecule is CC1CC(C)C(C(=O)O)N(C(=O)C(C)(C)NC(=O)OCC2c3ccccc3-c3ccccc32)C1. The number of ether oxygens (including phenoxy) is 1. The summed E-state index contributed by atoms with van der Waals surface area (Å²) in [6.07, 6.45) is 0.0336. The molecule has 2 aromatic rings. The Bertz CT molecular complexity index is 1070. The Labute approximate surface area is 200 Å². The van der Waals surface area contributed by atoms with Crippen LogP contribution in [0.4, 0.5) is 4.79 Å². The van der Waals surface area contributed by atoms with Crippen molar-refractivity contribution in [1.82, 2.24) is 10.2 Å². The van der Waals surface area contributed by atoms with Gasteiger partial charge < -0.3 is 20.1 Å². The Kier molecular flexibility index (Phi) is 6.39. The molecule has 2 N–H and O–H groups in total. The number of amides is 2. The van der Waals surface area contributed by atoms with E-state index < -0.39 is 29.6 Å². The van der Waals surface area contributed by atoms with Crippen LogP contribution in [-0.2, 0) is 14.3 Å². The second-order valence-electron chi connectivity index (χ2n) is 10.1. The third-order valence-corrected chi connectivity index (χ3v) is 6.96. The quantitative estimate of drug-likeness (QED) is 0.689. The van der Waals surface area contributed by atoms with E-state index in [1.165, 1.54) is 4.90 Å². The van der Waals surface area contributed by atoms with Crippen LogP contribution in [0.1, 0.15) is 51.2 Å². The third-order valence-electron chi connectivity index (χ3n) is 6.96. The fourth-order valence-corrected chi connectivity index (χ4v) is 5.48. The van der Waals surface area contributed by atoms with Crippen molar-refractivity contribution in [1.29, 1.82) is 0 Å². The van der Waals surface area contributed by atoms with E-state index >= 15 is 0 Å². The van der Waals surface area contributed by atoms with Gasteiger partial charge >= 0.3 is 12.1 Å². The molecule has 7 heteroatoms. The van der Waals surface area contributed by atoms with Gasteiger partial charge in [-0.3, -0.25) is 4.79 Å². The molecule has 3 unspecified atom stereocenters. The van der Waals surface area contributed by atoms with Crippen molar-refractivity contribution in [2.45, 2.75) is 51.6 Å². The topological polar surface area (TPSA) is 95.9 Å². The summed E-state index contributed by atoms with van der Waals surface area (Å²) in [6, 6.07) is 15.2. The van der Waals surface area contributed by atoms with Crippen LogP contribution in [-0.4, -0.2) is 52.7 Å². The van der Waals surface area contributed by atoms with Crippen LogP contribution >= 0.6 is 0 Å². The molecular formula is C27H32N2O5. The summed E-state index contributed by atoms with van der Waals surface area (Å²) in [5.74, 6) is -1.52.